The van der Waals surface area contributed by atoms with E-state index in [4.69, 9.17) is 5.73 Å². The van der Waals surface area contributed by atoms with Gasteiger partial charge in [-0.25, -0.2) is 0 Å². The highest BCUT2D eigenvalue weighted by Gasteiger charge is 2.27. The maximum Gasteiger partial charge on any atom is 0.0194 e. The van der Waals surface area contributed by atoms with Gasteiger partial charge in [0.05, 0.1) is 0 Å². The van der Waals surface area contributed by atoms with Crippen LogP contribution in [-0.4, -0.2) is 55.6 Å². The molecule has 0 heterocycles. The molecule has 0 amide bonds. The summed E-state index contributed by atoms with van der Waals surface area (Å²) < 4.78 is 0. The third kappa shape index (κ3) is 5.28. The molecule has 3 nitrogen and oxygen atoms in total. The molecule has 3 heteroatoms. The molecule has 0 aliphatic heterocycles. The molecule has 0 saturated carbocycles. The van der Waals surface area contributed by atoms with Crippen LogP contribution in [-0.2, 0) is 0 Å². The third-order valence-corrected chi connectivity index (χ3v) is 3.50. The lowest BCUT2D eigenvalue weighted by Crippen LogP contribution is -2.49. The van der Waals surface area contributed by atoms with Gasteiger partial charge in [-0.15, -0.1) is 0 Å². The van der Waals surface area contributed by atoms with Gasteiger partial charge in [-0.05, 0) is 39.9 Å². The smallest absolute Gasteiger partial charge is 0.0194 e. The van der Waals surface area contributed by atoms with E-state index >= 15 is 0 Å². The Kier molecular flexibility index (Phi) is 6.53. The van der Waals surface area contributed by atoms with E-state index in [1.165, 1.54) is 0 Å². The fraction of sp³-hybridized carbons (Fsp3) is 1.00. The summed E-state index contributed by atoms with van der Waals surface area (Å²) in [5, 5.41) is 0. The summed E-state index contributed by atoms with van der Waals surface area (Å²) >= 11 is 0. The molecule has 0 aliphatic carbocycles. The van der Waals surface area contributed by atoms with Crippen LogP contribution in [0.15, 0.2) is 0 Å². The van der Waals surface area contributed by atoms with Crippen molar-refractivity contribution < 1.29 is 0 Å². The predicted octanol–water partition coefficient (Wildman–Crippen LogP) is 1.63. The van der Waals surface area contributed by atoms with E-state index < -0.39 is 0 Å². The second kappa shape index (κ2) is 6.58. The Labute approximate surface area is 102 Å². The summed E-state index contributed by atoms with van der Waals surface area (Å²) in [6, 6.07) is 0.811. The van der Waals surface area contributed by atoms with Crippen molar-refractivity contribution in [2.75, 3.05) is 33.7 Å². The summed E-state index contributed by atoms with van der Waals surface area (Å²) in [6.45, 7) is 14.4. The van der Waals surface area contributed by atoms with Crippen LogP contribution in [0.2, 0.25) is 0 Å². The maximum absolute atomic E-state index is 6.04. The van der Waals surface area contributed by atoms with Gasteiger partial charge >= 0.3 is 0 Å². The quantitative estimate of drug-likeness (QED) is 0.720. The highest BCUT2D eigenvalue weighted by Crippen LogP contribution is 2.21. The van der Waals surface area contributed by atoms with Crippen LogP contribution in [0.4, 0.5) is 0 Å². The Balaban J connectivity index is 4.39. The van der Waals surface area contributed by atoms with E-state index in [1.54, 1.807) is 0 Å². The molecule has 98 valence electrons. The first-order chi connectivity index (χ1) is 7.20. The van der Waals surface area contributed by atoms with E-state index in [2.05, 4.69) is 58.5 Å². The first-order valence-corrected chi connectivity index (χ1v) is 6.35. The highest BCUT2D eigenvalue weighted by atomic mass is 15.2. The summed E-state index contributed by atoms with van der Waals surface area (Å²) in [6.07, 6.45) is 0. The van der Waals surface area contributed by atoms with Crippen LogP contribution in [0.1, 0.15) is 34.6 Å². The average molecular weight is 229 g/mol. The molecule has 0 bridgehead atoms. The molecule has 2 N–H and O–H groups in total. The Hall–Kier alpha value is -0.120. The Bertz CT molecular complexity index is 188. The minimum atomic E-state index is 0.177. The van der Waals surface area contributed by atoms with E-state index in [-0.39, 0.29) is 11.5 Å². The molecule has 0 aliphatic rings. The van der Waals surface area contributed by atoms with Gasteiger partial charge in [-0.2, -0.15) is 0 Å². The molecule has 0 radical (unpaired) electrons. The fourth-order valence-corrected chi connectivity index (χ4v) is 1.89. The van der Waals surface area contributed by atoms with E-state index in [1.807, 2.05) is 0 Å². The van der Waals surface area contributed by atoms with Crippen molar-refractivity contribution in [1.29, 1.82) is 0 Å². The number of hydrogen-bond acceptors (Lipinski definition) is 3. The van der Waals surface area contributed by atoms with Crippen LogP contribution in [0.5, 0.6) is 0 Å². The normalized spacial score (nSPS) is 16.9. The molecule has 0 fully saturated rings. The predicted molar refractivity (Wildman–Crippen MR) is 72.7 cm³/mol. The summed E-state index contributed by atoms with van der Waals surface area (Å²) in [5.74, 6) is 0. The minimum Gasteiger partial charge on any atom is -0.327 e. The molecule has 16 heavy (non-hydrogen) atoms. The van der Waals surface area contributed by atoms with E-state index in [0.717, 1.165) is 19.6 Å². The number of rotatable bonds is 7. The van der Waals surface area contributed by atoms with Crippen LogP contribution in [0, 0.1) is 5.41 Å². The molecular weight excluding hydrogens is 198 g/mol. The zero-order chi connectivity index (χ0) is 12.9. The number of nitrogens with two attached hydrogens (primary N) is 1. The van der Waals surface area contributed by atoms with Gasteiger partial charge in [0, 0.05) is 25.2 Å². The monoisotopic (exact) mass is 229 g/mol. The third-order valence-electron chi connectivity index (χ3n) is 3.50. The molecule has 2 unspecified atom stereocenters. The molecule has 0 spiro atoms. The molecule has 2 atom stereocenters. The first kappa shape index (κ1) is 15.9. The van der Waals surface area contributed by atoms with Gasteiger partial charge in [-0.3, -0.25) is 4.90 Å². The lowest BCUT2D eigenvalue weighted by molar-refractivity contribution is 0.112. The molecule has 0 rings (SSSR count). The van der Waals surface area contributed by atoms with Gasteiger partial charge in [0.2, 0.25) is 0 Å². The maximum atomic E-state index is 6.04. The van der Waals surface area contributed by atoms with Crippen molar-refractivity contribution in [3.63, 3.8) is 0 Å². The molecule has 0 saturated heterocycles. The zero-order valence-corrected chi connectivity index (χ0v) is 12.2. The Morgan fingerprint density at radius 2 is 1.69 bits per heavy atom. The van der Waals surface area contributed by atoms with Crippen LogP contribution >= 0.6 is 0 Å². The van der Waals surface area contributed by atoms with Crippen molar-refractivity contribution in [3.05, 3.63) is 0 Å². The van der Waals surface area contributed by atoms with Gasteiger partial charge < -0.3 is 10.6 Å². The van der Waals surface area contributed by atoms with Crippen molar-refractivity contribution in [2.45, 2.75) is 46.7 Å². The van der Waals surface area contributed by atoms with Crippen LogP contribution in [0.25, 0.3) is 0 Å². The Morgan fingerprint density at radius 1 is 1.19 bits per heavy atom. The molecule has 0 aromatic carbocycles. The van der Waals surface area contributed by atoms with Gasteiger partial charge in [0.25, 0.3) is 0 Å². The molecule has 0 aromatic heterocycles. The lowest BCUT2D eigenvalue weighted by atomic mass is 9.85. The average Bonchev–Trinajstić information content (AvgIpc) is 2.12. The highest BCUT2D eigenvalue weighted by molar-refractivity contribution is 4.83. The van der Waals surface area contributed by atoms with Crippen LogP contribution < -0.4 is 5.73 Å². The number of likely N-dealkylation sites (N-methyl/N-ethyl adjacent to an activating group) is 2. The van der Waals surface area contributed by atoms with Crippen LogP contribution in [0.3, 0.4) is 0 Å². The number of hydrogen-bond donors (Lipinski definition) is 1. The zero-order valence-electron chi connectivity index (χ0n) is 12.2. The largest absolute Gasteiger partial charge is 0.327 e. The summed E-state index contributed by atoms with van der Waals surface area (Å²) in [4.78, 5) is 4.76. The number of nitrogens with zero attached hydrogens (tertiary/aromatic N) is 2. The second-order valence-electron chi connectivity index (χ2n) is 5.95. The lowest BCUT2D eigenvalue weighted by Gasteiger charge is -2.38. The second-order valence-corrected chi connectivity index (χ2v) is 5.95. The van der Waals surface area contributed by atoms with E-state index in [0.29, 0.717) is 6.04 Å². The standard InChI is InChI=1S/C13H31N3/c1-8-16(11(2)9-15(6)7)10-13(4,5)12(3)14/h11-12H,8-10,14H2,1-7H3. The minimum absolute atomic E-state index is 0.177. The summed E-state index contributed by atoms with van der Waals surface area (Å²) in [7, 11) is 4.25. The van der Waals surface area contributed by atoms with Gasteiger partial charge in [0.1, 0.15) is 0 Å². The topological polar surface area (TPSA) is 32.5 Å². The molecular formula is C13H31N3. The van der Waals surface area contributed by atoms with Crippen molar-refractivity contribution in [3.8, 4) is 0 Å². The fourth-order valence-electron chi connectivity index (χ4n) is 1.89. The Morgan fingerprint density at radius 3 is 2.00 bits per heavy atom. The van der Waals surface area contributed by atoms with Gasteiger partial charge in [-0.1, -0.05) is 20.8 Å². The van der Waals surface area contributed by atoms with Crippen molar-refractivity contribution >= 4 is 0 Å². The molecule has 0 aromatic rings. The van der Waals surface area contributed by atoms with Crippen molar-refractivity contribution in [1.82, 2.24) is 9.80 Å². The van der Waals surface area contributed by atoms with Crippen molar-refractivity contribution in [2.24, 2.45) is 11.1 Å². The van der Waals surface area contributed by atoms with Gasteiger partial charge in [0.15, 0.2) is 0 Å². The summed E-state index contributed by atoms with van der Waals surface area (Å²) in [5.41, 5.74) is 6.21. The first-order valence-electron chi connectivity index (χ1n) is 6.35. The van der Waals surface area contributed by atoms with E-state index in [9.17, 15) is 0 Å². The SMILES string of the molecule is CCN(CC(C)(C)C(C)N)C(C)CN(C)C.